The number of nitro benzene ring substituents is 1. The van der Waals surface area contributed by atoms with Gasteiger partial charge in [-0.2, -0.15) is 10.4 Å². The van der Waals surface area contributed by atoms with Gasteiger partial charge in [-0.05, 0) is 6.07 Å². The summed E-state index contributed by atoms with van der Waals surface area (Å²) in [5.41, 5.74) is 2.39. The number of nitriles is 1. The van der Waals surface area contributed by atoms with Gasteiger partial charge in [-0.3, -0.25) is 10.1 Å². The standard InChI is InChI=1S/C10H9BrN4O3/c11-8-4-7(6-14-13-3-1-2-12)10(16)9(5-8)15(17)18/h4-6,13,16H,1,3H2. The highest BCUT2D eigenvalue weighted by atomic mass is 79.9. The number of nitrogens with one attached hydrogen (secondary N) is 1. The number of rotatable bonds is 5. The lowest BCUT2D eigenvalue weighted by Crippen LogP contribution is -2.06. The average Bonchev–Trinajstić information content (AvgIpc) is 2.32. The van der Waals surface area contributed by atoms with E-state index in [4.69, 9.17) is 5.26 Å². The van der Waals surface area contributed by atoms with Crippen molar-refractivity contribution in [1.29, 1.82) is 5.26 Å². The van der Waals surface area contributed by atoms with Gasteiger partial charge in [-0.15, -0.1) is 0 Å². The molecular weight excluding hydrogens is 304 g/mol. The Morgan fingerprint density at radius 3 is 3.00 bits per heavy atom. The van der Waals surface area contributed by atoms with Gasteiger partial charge in [0, 0.05) is 22.6 Å². The van der Waals surface area contributed by atoms with E-state index in [9.17, 15) is 15.2 Å². The molecule has 0 aliphatic carbocycles. The number of hydrogen-bond donors (Lipinski definition) is 2. The lowest BCUT2D eigenvalue weighted by atomic mass is 10.2. The van der Waals surface area contributed by atoms with Crippen LogP contribution in [0.3, 0.4) is 0 Å². The van der Waals surface area contributed by atoms with Gasteiger partial charge in [-0.25, -0.2) is 0 Å². The van der Waals surface area contributed by atoms with E-state index >= 15 is 0 Å². The minimum Gasteiger partial charge on any atom is -0.502 e. The van der Waals surface area contributed by atoms with Crippen LogP contribution in [0.2, 0.25) is 0 Å². The fourth-order valence-electron chi connectivity index (χ4n) is 1.13. The van der Waals surface area contributed by atoms with Gasteiger partial charge in [-0.1, -0.05) is 15.9 Å². The van der Waals surface area contributed by atoms with E-state index in [0.29, 0.717) is 17.4 Å². The first-order valence-electron chi connectivity index (χ1n) is 4.86. The molecule has 2 N–H and O–H groups in total. The summed E-state index contributed by atoms with van der Waals surface area (Å²) in [5.74, 6) is -0.450. The topological polar surface area (TPSA) is 112 Å². The van der Waals surface area contributed by atoms with E-state index < -0.39 is 16.4 Å². The third kappa shape index (κ3) is 3.71. The summed E-state index contributed by atoms with van der Waals surface area (Å²) in [5, 5.41) is 32.4. The molecular formula is C10H9BrN4O3. The Kier molecular flexibility index (Phi) is 5.07. The molecule has 0 unspecified atom stereocenters. The Labute approximate surface area is 111 Å². The van der Waals surface area contributed by atoms with Crippen molar-refractivity contribution in [3.05, 3.63) is 32.3 Å². The van der Waals surface area contributed by atoms with E-state index in [0.717, 1.165) is 0 Å². The molecule has 0 heterocycles. The molecule has 0 saturated heterocycles. The Balaban J connectivity index is 2.89. The van der Waals surface area contributed by atoms with Crippen LogP contribution in [0.25, 0.3) is 0 Å². The van der Waals surface area contributed by atoms with Crippen molar-refractivity contribution in [2.45, 2.75) is 6.42 Å². The molecule has 1 rings (SSSR count). The Hall–Kier alpha value is -2.14. The molecule has 18 heavy (non-hydrogen) atoms. The average molecular weight is 313 g/mol. The predicted molar refractivity (Wildman–Crippen MR) is 68.3 cm³/mol. The van der Waals surface area contributed by atoms with Crippen LogP contribution in [-0.4, -0.2) is 22.8 Å². The minimum atomic E-state index is -0.680. The van der Waals surface area contributed by atoms with Gasteiger partial charge >= 0.3 is 5.69 Å². The van der Waals surface area contributed by atoms with Crippen molar-refractivity contribution in [3.8, 4) is 11.8 Å². The summed E-state index contributed by atoms with van der Waals surface area (Å²) in [6.45, 7) is 0.365. The number of nitrogens with zero attached hydrogens (tertiary/aromatic N) is 3. The molecule has 0 atom stereocenters. The van der Waals surface area contributed by atoms with Crippen LogP contribution in [0.15, 0.2) is 21.7 Å². The lowest BCUT2D eigenvalue weighted by Gasteiger charge is -2.01. The molecule has 0 saturated carbocycles. The molecule has 0 fully saturated rings. The van der Waals surface area contributed by atoms with Gasteiger partial charge in [0.25, 0.3) is 0 Å². The van der Waals surface area contributed by atoms with E-state index in [-0.39, 0.29) is 5.56 Å². The van der Waals surface area contributed by atoms with Crippen molar-refractivity contribution in [2.24, 2.45) is 5.10 Å². The van der Waals surface area contributed by atoms with Gasteiger partial charge in [0.05, 0.1) is 23.6 Å². The molecule has 94 valence electrons. The molecule has 0 aliphatic rings. The lowest BCUT2D eigenvalue weighted by molar-refractivity contribution is -0.385. The highest BCUT2D eigenvalue weighted by Gasteiger charge is 2.17. The molecule has 1 aromatic rings. The second kappa shape index (κ2) is 6.56. The number of hydrogen-bond acceptors (Lipinski definition) is 6. The molecule has 0 amide bonds. The maximum absolute atomic E-state index is 10.7. The predicted octanol–water partition coefficient (Wildman–Crippen LogP) is 1.90. The second-order valence-corrected chi connectivity index (χ2v) is 4.11. The zero-order valence-electron chi connectivity index (χ0n) is 9.13. The van der Waals surface area contributed by atoms with E-state index in [1.54, 1.807) is 0 Å². The monoisotopic (exact) mass is 312 g/mol. The first kappa shape index (κ1) is 13.9. The maximum Gasteiger partial charge on any atom is 0.312 e. The third-order valence-corrected chi connectivity index (χ3v) is 2.38. The number of benzene rings is 1. The van der Waals surface area contributed by atoms with Gasteiger partial charge in [0.1, 0.15) is 0 Å². The zero-order chi connectivity index (χ0) is 13.5. The quantitative estimate of drug-likeness (QED) is 0.373. The van der Waals surface area contributed by atoms with Crippen molar-refractivity contribution in [1.82, 2.24) is 5.43 Å². The highest BCUT2D eigenvalue weighted by molar-refractivity contribution is 9.10. The number of phenols is 1. The smallest absolute Gasteiger partial charge is 0.312 e. The summed E-state index contributed by atoms with van der Waals surface area (Å²) in [6, 6.07) is 4.63. The first-order valence-corrected chi connectivity index (χ1v) is 5.65. The third-order valence-electron chi connectivity index (χ3n) is 1.92. The summed E-state index contributed by atoms with van der Waals surface area (Å²) in [4.78, 5) is 9.99. The SMILES string of the molecule is N#CCCNN=Cc1cc(Br)cc([N+](=O)[O-])c1O. The molecule has 0 bridgehead atoms. The fraction of sp³-hybridized carbons (Fsp3) is 0.200. The van der Waals surface area contributed by atoms with Crippen LogP contribution in [-0.2, 0) is 0 Å². The molecule has 0 radical (unpaired) electrons. The normalized spacial score (nSPS) is 10.2. The van der Waals surface area contributed by atoms with Gasteiger partial charge in [0.2, 0.25) is 5.75 Å². The van der Waals surface area contributed by atoms with Crippen molar-refractivity contribution in [2.75, 3.05) is 6.54 Å². The fourth-order valence-corrected chi connectivity index (χ4v) is 1.60. The molecule has 0 aromatic heterocycles. The number of nitro groups is 1. The van der Waals surface area contributed by atoms with Crippen LogP contribution in [0, 0.1) is 21.4 Å². The van der Waals surface area contributed by atoms with E-state index in [1.165, 1.54) is 18.3 Å². The van der Waals surface area contributed by atoms with Crippen LogP contribution in [0.4, 0.5) is 5.69 Å². The maximum atomic E-state index is 10.7. The molecule has 1 aromatic carbocycles. The summed E-state index contributed by atoms with van der Waals surface area (Å²) in [7, 11) is 0. The Bertz CT molecular complexity index is 525. The Morgan fingerprint density at radius 1 is 1.67 bits per heavy atom. The summed E-state index contributed by atoms with van der Waals surface area (Å²) < 4.78 is 0.463. The highest BCUT2D eigenvalue weighted by Crippen LogP contribution is 2.32. The number of hydrazone groups is 1. The van der Waals surface area contributed by atoms with Gasteiger partial charge in [0.15, 0.2) is 0 Å². The molecule has 7 nitrogen and oxygen atoms in total. The molecule has 0 aliphatic heterocycles. The minimum absolute atomic E-state index is 0.209. The van der Waals surface area contributed by atoms with E-state index in [1.807, 2.05) is 6.07 Å². The van der Waals surface area contributed by atoms with Crippen molar-refractivity contribution in [3.63, 3.8) is 0 Å². The summed E-state index contributed by atoms with van der Waals surface area (Å²) in [6.07, 6.45) is 1.55. The second-order valence-electron chi connectivity index (χ2n) is 3.19. The van der Waals surface area contributed by atoms with Crippen LogP contribution < -0.4 is 5.43 Å². The largest absolute Gasteiger partial charge is 0.502 e. The Morgan fingerprint density at radius 2 is 2.39 bits per heavy atom. The number of halogens is 1. The van der Waals surface area contributed by atoms with Gasteiger partial charge < -0.3 is 10.5 Å². The van der Waals surface area contributed by atoms with Crippen LogP contribution in [0.5, 0.6) is 5.75 Å². The molecule has 8 heteroatoms. The zero-order valence-corrected chi connectivity index (χ0v) is 10.7. The molecule has 0 spiro atoms. The number of phenolic OH excluding ortho intramolecular Hbond substituents is 1. The first-order chi connectivity index (χ1) is 8.56. The van der Waals surface area contributed by atoms with Crippen LogP contribution in [0.1, 0.15) is 12.0 Å². The van der Waals surface area contributed by atoms with Crippen molar-refractivity contribution >= 4 is 27.8 Å². The van der Waals surface area contributed by atoms with E-state index in [2.05, 4.69) is 26.5 Å². The van der Waals surface area contributed by atoms with Crippen LogP contribution >= 0.6 is 15.9 Å². The number of aromatic hydroxyl groups is 1. The van der Waals surface area contributed by atoms with Crippen molar-refractivity contribution < 1.29 is 10.0 Å². The summed E-state index contributed by atoms with van der Waals surface area (Å²) >= 11 is 3.11.